The third-order valence-corrected chi connectivity index (χ3v) is 5.96. The van der Waals surface area contributed by atoms with Crippen LogP contribution in [-0.4, -0.2) is 29.2 Å². The van der Waals surface area contributed by atoms with Crippen LogP contribution in [0.15, 0.2) is 71.2 Å². The Morgan fingerprint density at radius 1 is 1.10 bits per heavy atom. The van der Waals surface area contributed by atoms with E-state index in [1.807, 2.05) is 66.0 Å². The van der Waals surface area contributed by atoms with Crippen LogP contribution in [0.3, 0.4) is 0 Å². The van der Waals surface area contributed by atoms with Crippen LogP contribution in [-0.2, 0) is 11.4 Å². The first kappa shape index (κ1) is 20.0. The normalized spacial score (nSPS) is 15.7. The average Bonchev–Trinajstić information content (AvgIpc) is 3.40. The van der Waals surface area contributed by atoms with Crippen molar-refractivity contribution < 1.29 is 9.63 Å². The summed E-state index contributed by atoms with van der Waals surface area (Å²) in [6.45, 7) is 0.886. The molecule has 2 heterocycles. The molecular formula is C22H18Cl2N2O2S. The zero-order chi connectivity index (χ0) is 20.2. The second-order valence-corrected chi connectivity index (χ2v) is 8.59. The molecule has 0 aliphatic carbocycles. The Morgan fingerprint density at radius 3 is 2.66 bits per heavy atom. The molecule has 7 heteroatoms. The van der Waals surface area contributed by atoms with Crippen LogP contribution in [0.25, 0.3) is 0 Å². The summed E-state index contributed by atoms with van der Waals surface area (Å²) in [5, 5.41) is 7.46. The molecule has 1 amide bonds. The van der Waals surface area contributed by atoms with Gasteiger partial charge in [0.1, 0.15) is 0 Å². The lowest BCUT2D eigenvalue weighted by Gasteiger charge is -2.24. The molecule has 1 aliphatic rings. The van der Waals surface area contributed by atoms with E-state index < -0.39 is 0 Å². The third-order valence-electron chi connectivity index (χ3n) is 4.62. The highest BCUT2D eigenvalue weighted by molar-refractivity contribution is 7.12. The number of nitrogens with zero attached hydrogens (tertiary/aromatic N) is 2. The van der Waals surface area contributed by atoms with Gasteiger partial charge in [-0.2, -0.15) is 0 Å². The van der Waals surface area contributed by atoms with Crippen LogP contribution in [0.2, 0.25) is 10.0 Å². The van der Waals surface area contributed by atoms with Crippen molar-refractivity contribution in [3.63, 3.8) is 0 Å². The topological polar surface area (TPSA) is 41.9 Å². The molecule has 2 aromatic carbocycles. The standard InChI is InChI=1S/C22H18Cl2N2O2S/c23-17-8-6-16(7-9-17)20-12-19(28-25-20)14-26(22(27)21-5-2-10-29-21)13-15-3-1-4-18(24)11-15/h1-11,19H,12-14H2. The SMILES string of the molecule is O=C(c1cccs1)N(Cc1cccc(Cl)c1)CC1CC(c2ccc(Cl)cc2)=NO1. The smallest absolute Gasteiger partial charge is 0.264 e. The van der Waals surface area contributed by atoms with Crippen LogP contribution < -0.4 is 0 Å². The van der Waals surface area contributed by atoms with E-state index in [-0.39, 0.29) is 12.0 Å². The van der Waals surface area contributed by atoms with E-state index in [9.17, 15) is 4.79 Å². The summed E-state index contributed by atoms with van der Waals surface area (Å²) in [5.41, 5.74) is 2.81. The molecule has 1 unspecified atom stereocenters. The number of carbonyl (C=O) groups excluding carboxylic acids is 1. The highest BCUT2D eigenvalue weighted by Gasteiger charge is 2.27. The summed E-state index contributed by atoms with van der Waals surface area (Å²) in [6, 6.07) is 18.8. The molecular weight excluding hydrogens is 427 g/mol. The predicted octanol–water partition coefficient (Wildman–Crippen LogP) is 5.89. The fourth-order valence-corrected chi connectivity index (χ4v) is 4.25. The highest BCUT2D eigenvalue weighted by atomic mass is 35.5. The number of hydrogen-bond acceptors (Lipinski definition) is 4. The molecule has 0 fully saturated rings. The van der Waals surface area contributed by atoms with Crippen molar-refractivity contribution >= 4 is 46.2 Å². The number of halogens is 2. The van der Waals surface area contributed by atoms with Crippen LogP contribution in [0, 0.1) is 0 Å². The summed E-state index contributed by atoms with van der Waals surface area (Å²) in [5.74, 6) is -0.0245. The minimum atomic E-state index is -0.205. The molecule has 0 bridgehead atoms. The van der Waals surface area contributed by atoms with E-state index in [1.165, 1.54) is 11.3 Å². The molecule has 3 aromatic rings. The number of rotatable bonds is 6. The van der Waals surface area contributed by atoms with Crippen molar-refractivity contribution in [2.45, 2.75) is 19.1 Å². The third kappa shape index (κ3) is 4.99. The molecule has 4 nitrogen and oxygen atoms in total. The van der Waals surface area contributed by atoms with Crippen LogP contribution in [0.1, 0.15) is 27.2 Å². The zero-order valence-corrected chi connectivity index (χ0v) is 17.8. The Hall–Kier alpha value is -2.34. The van der Waals surface area contributed by atoms with E-state index >= 15 is 0 Å². The van der Waals surface area contributed by atoms with Gasteiger partial charge in [0.2, 0.25) is 0 Å². The van der Waals surface area contributed by atoms with E-state index in [0.29, 0.717) is 34.4 Å². The quantitative estimate of drug-likeness (QED) is 0.475. The van der Waals surface area contributed by atoms with Crippen molar-refractivity contribution in [3.8, 4) is 0 Å². The summed E-state index contributed by atoms with van der Waals surface area (Å²) in [6.07, 6.45) is 0.426. The second-order valence-electron chi connectivity index (χ2n) is 6.77. The van der Waals surface area contributed by atoms with E-state index in [1.54, 1.807) is 4.90 Å². The van der Waals surface area contributed by atoms with Gasteiger partial charge in [-0.1, -0.05) is 58.7 Å². The minimum Gasteiger partial charge on any atom is -0.390 e. The van der Waals surface area contributed by atoms with Gasteiger partial charge in [-0.3, -0.25) is 4.79 Å². The predicted molar refractivity (Wildman–Crippen MR) is 118 cm³/mol. The van der Waals surface area contributed by atoms with E-state index in [0.717, 1.165) is 16.8 Å². The molecule has 1 aromatic heterocycles. The van der Waals surface area contributed by atoms with Gasteiger partial charge in [0, 0.05) is 23.0 Å². The van der Waals surface area contributed by atoms with Gasteiger partial charge in [0.15, 0.2) is 6.10 Å². The average molecular weight is 445 g/mol. The Balaban J connectivity index is 1.48. The summed E-state index contributed by atoms with van der Waals surface area (Å²) >= 11 is 13.5. The molecule has 4 rings (SSSR count). The molecule has 1 atom stereocenters. The number of oxime groups is 1. The number of benzene rings is 2. The first-order valence-electron chi connectivity index (χ1n) is 9.14. The second kappa shape index (κ2) is 8.99. The molecule has 0 saturated carbocycles. The van der Waals surface area contributed by atoms with Gasteiger partial charge in [-0.15, -0.1) is 11.3 Å². The number of thiophene rings is 1. The lowest BCUT2D eigenvalue weighted by molar-refractivity contribution is 0.0408. The van der Waals surface area contributed by atoms with Gasteiger partial charge in [-0.05, 0) is 46.8 Å². The molecule has 0 spiro atoms. The van der Waals surface area contributed by atoms with Gasteiger partial charge >= 0.3 is 0 Å². The van der Waals surface area contributed by atoms with Crippen LogP contribution in [0.4, 0.5) is 0 Å². The molecule has 0 saturated heterocycles. The Bertz CT molecular complexity index is 1020. The van der Waals surface area contributed by atoms with Crippen molar-refractivity contribution in [2.24, 2.45) is 5.16 Å². The molecule has 1 aliphatic heterocycles. The molecule has 0 N–H and O–H groups in total. The number of amides is 1. The van der Waals surface area contributed by atoms with Crippen molar-refractivity contribution in [2.75, 3.05) is 6.54 Å². The summed E-state index contributed by atoms with van der Waals surface area (Å²) < 4.78 is 0. The molecule has 29 heavy (non-hydrogen) atoms. The summed E-state index contributed by atoms with van der Waals surface area (Å²) in [7, 11) is 0. The minimum absolute atomic E-state index is 0.0245. The van der Waals surface area contributed by atoms with E-state index in [2.05, 4.69) is 5.16 Å². The van der Waals surface area contributed by atoms with Gasteiger partial charge in [0.25, 0.3) is 5.91 Å². The van der Waals surface area contributed by atoms with Crippen molar-refractivity contribution in [1.82, 2.24) is 4.90 Å². The zero-order valence-electron chi connectivity index (χ0n) is 15.4. The van der Waals surface area contributed by atoms with Gasteiger partial charge in [0.05, 0.1) is 17.1 Å². The number of carbonyl (C=O) groups is 1. The highest BCUT2D eigenvalue weighted by Crippen LogP contribution is 2.22. The van der Waals surface area contributed by atoms with Crippen LogP contribution in [0.5, 0.6) is 0 Å². The van der Waals surface area contributed by atoms with Crippen LogP contribution >= 0.6 is 34.5 Å². The first-order valence-corrected chi connectivity index (χ1v) is 10.8. The molecule has 148 valence electrons. The maximum atomic E-state index is 13.1. The molecule has 0 radical (unpaired) electrons. The lowest BCUT2D eigenvalue weighted by Crippen LogP contribution is -2.37. The van der Waals surface area contributed by atoms with Gasteiger partial charge in [-0.25, -0.2) is 0 Å². The lowest BCUT2D eigenvalue weighted by atomic mass is 10.0. The Labute approximate surface area is 183 Å². The fraction of sp³-hybridized carbons (Fsp3) is 0.182. The summed E-state index contributed by atoms with van der Waals surface area (Å²) in [4.78, 5) is 21.2. The van der Waals surface area contributed by atoms with Crippen molar-refractivity contribution in [1.29, 1.82) is 0 Å². The maximum Gasteiger partial charge on any atom is 0.264 e. The first-order chi connectivity index (χ1) is 14.1. The maximum absolute atomic E-state index is 13.1. The van der Waals surface area contributed by atoms with Gasteiger partial charge < -0.3 is 9.74 Å². The largest absolute Gasteiger partial charge is 0.390 e. The Morgan fingerprint density at radius 2 is 1.93 bits per heavy atom. The van der Waals surface area contributed by atoms with Crippen molar-refractivity contribution in [3.05, 3.63) is 92.1 Å². The Kier molecular flexibility index (Phi) is 6.19. The monoisotopic (exact) mass is 444 g/mol. The van der Waals surface area contributed by atoms with E-state index in [4.69, 9.17) is 28.0 Å². The number of hydrogen-bond donors (Lipinski definition) is 0. The fourth-order valence-electron chi connectivity index (χ4n) is 3.22.